The van der Waals surface area contributed by atoms with Crippen molar-refractivity contribution in [3.05, 3.63) is 17.7 Å². The molecule has 6 heteroatoms. The first-order valence-electron chi connectivity index (χ1n) is 6.80. The van der Waals surface area contributed by atoms with Gasteiger partial charge in [-0.2, -0.15) is 0 Å². The van der Waals surface area contributed by atoms with Gasteiger partial charge in [0.05, 0.1) is 14.2 Å². The van der Waals surface area contributed by atoms with Crippen LogP contribution in [0.1, 0.15) is 26.3 Å². The van der Waals surface area contributed by atoms with Gasteiger partial charge < -0.3 is 14.8 Å². The van der Waals surface area contributed by atoms with Crippen molar-refractivity contribution in [2.75, 3.05) is 32.6 Å². The lowest BCUT2D eigenvalue weighted by atomic mass is 10.1. The monoisotopic (exact) mass is 316 g/mol. The molecule has 120 valence electrons. The molecule has 1 aromatic carbocycles. The zero-order valence-electron chi connectivity index (χ0n) is 13.4. The van der Waals surface area contributed by atoms with Crippen molar-refractivity contribution < 1.29 is 14.3 Å². The number of halogens is 1. The molecule has 5 nitrogen and oxygen atoms in total. The fourth-order valence-corrected chi connectivity index (χ4v) is 2.05. The third-order valence-electron chi connectivity index (χ3n) is 3.21. The first-order valence-corrected chi connectivity index (χ1v) is 6.80. The molecule has 0 fully saturated rings. The van der Waals surface area contributed by atoms with Gasteiger partial charge in [0.25, 0.3) is 0 Å². The summed E-state index contributed by atoms with van der Waals surface area (Å²) in [5.41, 5.74) is 1.78. The van der Waals surface area contributed by atoms with E-state index in [4.69, 9.17) is 9.47 Å². The summed E-state index contributed by atoms with van der Waals surface area (Å²) in [5, 5.41) is 2.85. The van der Waals surface area contributed by atoms with Crippen LogP contribution in [0.3, 0.4) is 0 Å². The Morgan fingerprint density at radius 1 is 1.14 bits per heavy atom. The maximum absolute atomic E-state index is 11.3. The van der Waals surface area contributed by atoms with E-state index in [1.165, 1.54) is 6.92 Å². The van der Waals surface area contributed by atoms with Gasteiger partial charge in [-0.3, -0.25) is 9.69 Å². The lowest BCUT2D eigenvalue weighted by molar-refractivity contribution is -0.114. The SMILES string of the molecule is CCN(CC)Cc1cc(OC)c(OC)cc1NC(C)=O.Cl. The lowest BCUT2D eigenvalue weighted by Gasteiger charge is -2.21. The summed E-state index contributed by atoms with van der Waals surface area (Å²) < 4.78 is 10.6. The van der Waals surface area contributed by atoms with Crippen molar-refractivity contribution in [1.29, 1.82) is 0 Å². The first kappa shape index (κ1) is 19.5. The fourth-order valence-electron chi connectivity index (χ4n) is 2.05. The predicted octanol–water partition coefficient (Wildman–Crippen LogP) is 2.93. The predicted molar refractivity (Wildman–Crippen MR) is 87.7 cm³/mol. The Morgan fingerprint density at radius 2 is 1.67 bits per heavy atom. The van der Waals surface area contributed by atoms with Crippen LogP contribution < -0.4 is 14.8 Å². The van der Waals surface area contributed by atoms with Gasteiger partial charge in [-0.25, -0.2) is 0 Å². The van der Waals surface area contributed by atoms with Crippen molar-refractivity contribution in [3.63, 3.8) is 0 Å². The molecule has 0 aromatic heterocycles. The van der Waals surface area contributed by atoms with Gasteiger partial charge in [-0.1, -0.05) is 13.8 Å². The van der Waals surface area contributed by atoms with Crippen LogP contribution in [-0.4, -0.2) is 38.1 Å². The van der Waals surface area contributed by atoms with Gasteiger partial charge in [0, 0.05) is 25.2 Å². The second kappa shape index (κ2) is 9.47. The topological polar surface area (TPSA) is 50.8 Å². The largest absolute Gasteiger partial charge is 0.493 e. The highest BCUT2D eigenvalue weighted by Crippen LogP contribution is 2.34. The lowest BCUT2D eigenvalue weighted by Crippen LogP contribution is -2.23. The van der Waals surface area contributed by atoms with Crippen molar-refractivity contribution in [3.8, 4) is 11.5 Å². The molecular weight excluding hydrogens is 292 g/mol. The van der Waals surface area contributed by atoms with Crippen molar-refractivity contribution in [2.24, 2.45) is 0 Å². The number of nitrogens with one attached hydrogen (secondary N) is 1. The molecule has 0 bridgehead atoms. The Kier molecular flexibility index (Phi) is 8.81. The van der Waals surface area contributed by atoms with Crippen molar-refractivity contribution in [2.45, 2.75) is 27.3 Å². The number of ether oxygens (including phenoxy) is 2. The van der Waals surface area contributed by atoms with E-state index in [0.29, 0.717) is 11.5 Å². The fraction of sp³-hybridized carbons (Fsp3) is 0.533. The average molecular weight is 317 g/mol. The minimum atomic E-state index is -0.0991. The number of hydrogen-bond donors (Lipinski definition) is 1. The number of carbonyl (C=O) groups excluding carboxylic acids is 1. The highest BCUT2D eigenvalue weighted by atomic mass is 35.5. The van der Waals surface area contributed by atoms with Gasteiger partial charge in [-0.15, -0.1) is 12.4 Å². The Balaban J connectivity index is 0.00000400. The van der Waals surface area contributed by atoms with Crippen LogP contribution in [-0.2, 0) is 11.3 Å². The van der Waals surface area contributed by atoms with E-state index in [9.17, 15) is 4.79 Å². The van der Waals surface area contributed by atoms with Crippen molar-refractivity contribution in [1.82, 2.24) is 4.90 Å². The Labute approximate surface area is 133 Å². The summed E-state index contributed by atoms with van der Waals surface area (Å²) in [5.74, 6) is 1.18. The maximum atomic E-state index is 11.3. The number of hydrogen-bond acceptors (Lipinski definition) is 4. The highest BCUT2D eigenvalue weighted by Gasteiger charge is 2.14. The second-order valence-electron chi connectivity index (χ2n) is 4.51. The molecule has 0 aliphatic heterocycles. The van der Waals surface area contributed by atoms with Crippen LogP contribution in [0, 0.1) is 0 Å². The number of rotatable bonds is 7. The average Bonchev–Trinajstić information content (AvgIpc) is 2.44. The molecule has 0 heterocycles. The number of nitrogens with zero attached hydrogens (tertiary/aromatic N) is 1. The summed E-state index contributed by atoms with van der Waals surface area (Å²) in [6.45, 7) is 8.38. The summed E-state index contributed by atoms with van der Waals surface area (Å²) in [7, 11) is 3.19. The molecule has 0 saturated carbocycles. The quantitative estimate of drug-likeness (QED) is 0.840. The summed E-state index contributed by atoms with van der Waals surface area (Å²) in [4.78, 5) is 13.6. The van der Waals surface area contributed by atoms with Gasteiger partial charge >= 0.3 is 0 Å². The van der Waals surface area contributed by atoms with E-state index in [1.807, 2.05) is 6.07 Å². The number of benzene rings is 1. The van der Waals surface area contributed by atoms with Crippen LogP contribution in [0.2, 0.25) is 0 Å². The molecule has 1 amide bonds. The van der Waals surface area contributed by atoms with Gasteiger partial charge in [0.1, 0.15) is 0 Å². The van der Waals surface area contributed by atoms with Crippen molar-refractivity contribution >= 4 is 24.0 Å². The van der Waals surface area contributed by atoms with E-state index in [0.717, 1.165) is 30.9 Å². The molecule has 0 unspecified atom stereocenters. The summed E-state index contributed by atoms with van der Waals surface area (Å²) in [6.07, 6.45) is 0. The van der Waals surface area contributed by atoms with Gasteiger partial charge in [-0.05, 0) is 24.7 Å². The summed E-state index contributed by atoms with van der Waals surface area (Å²) >= 11 is 0. The molecule has 0 atom stereocenters. The van der Waals surface area contributed by atoms with Crippen LogP contribution in [0.15, 0.2) is 12.1 Å². The third kappa shape index (κ3) is 5.44. The van der Waals surface area contributed by atoms with Crippen LogP contribution in [0.5, 0.6) is 11.5 Å². The Bertz CT molecular complexity index is 462. The molecule has 0 aliphatic rings. The number of methoxy groups -OCH3 is 2. The highest BCUT2D eigenvalue weighted by molar-refractivity contribution is 5.90. The van der Waals surface area contributed by atoms with Crippen LogP contribution >= 0.6 is 12.4 Å². The van der Waals surface area contributed by atoms with Gasteiger partial charge in [0.2, 0.25) is 5.91 Å². The molecule has 0 radical (unpaired) electrons. The standard InChI is InChI=1S/C15H24N2O3.ClH/c1-6-17(7-2)10-12-8-14(19-4)15(20-5)9-13(12)16-11(3)18;/h8-9H,6-7,10H2,1-5H3,(H,16,18);1H. The van der Waals surface area contributed by atoms with E-state index >= 15 is 0 Å². The van der Waals surface area contributed by atoms with E-state index in [1.54, 1.807) is 20.3 Å². The zero-order chi connectivity index (χ0) is 15.1. The van der Waals surface area contributed by atoms with E-state index in [-0.39, 0.29) is 18.3 Å². The first-order chi connectivity index (χ1) is 9.55. The van der Waals surface area contributed by atoms with E-state index in [2.05, 4.69) is 24.1 Å². The minimum Gasteiger partial charge on any atom is -0.493 e. The number of amides is 1. The van der Waals surface area contributed by atoms with Crippen LogP contribution in [0.4, 0.5) is 5.69 Å². The molecular formula is C15H25ClN2O3. The van der Waals surface area contributed by atoms with Crippen LogP contribution in [0.25, 0.3) is 0 Å². The molecule has 1 N–H and O–H groups in total. The molecule has 0 aliphatic carbocycles. The molecule has 1 rings (SSSR count). The Morgan fingerprint density at radius 3 is 2.10 bits per heavy atom. The third-order valence-corrected chi connectivity index (χ3v) is 3.21. The smallest absolute Gasteiger partial charge is 0.221 e. The van der Waals surface area contributed by atoms with Gasteiger partial charge in [0.15, 0.2) is 11.5 Å². The number of anilines is 1. The maximum Gasteiger partial charge on any atom is 0.221 e. The van der Waals surface area contributed by atoms with E-state index < -0.39 is 0 Å². The zero-order valence-corrected chi connectivity index (χ0v) is 14.2. The molecule has 21 heavy (non-hydrogen) atoms. The molecule has 0 saturated heterocycles. The molecule has 0 spiro atoms. The Hall–Kier alpha value is -1.46. The summed E-state index contributed by atoms with van der Waals surface area (Å²) in [6, 6.07) is 3.72. The minimum absolute atomic E-state index is 0. The normalized spacial score (nSPS) is 10.0. The number of carbonyl (C=O) groups is 1. The second-order valence-corrected chi connectivity index (χ2v) is 4.51. The molecule has 1 aromatic rings.